The molecule has 0 saturated carbocycles. The van der Waals surface area contributed by atoms with Crippen molar-refractivity contribution in [3.63, 3.8) is 0 Å². The van der Waals surface area contributed by atoms with Crippen molar-refractivity contribution in [1.29, 1.82) is 0 Å². The molecule has 2 fully saturated rings. The van der Waals surface area contributed by atoms with Gasteiger partial charge in [-0.1, -0.05) is 11.3 Å². The highest BCUT2D eigenvalue weighted by atomic mass is 32.1. The first-order valence-electron chi connectivity index (χ1n) is 8.40. The van der Waals surface area contributed by atoms with Gasteiger partial charge in [0.25, 0.3) is 5.91 Å². The van der Waals surface area contributed by atoms with Crippen LogP contribution < -0.4 is 15.4 Å². The highest BCUT2D eigenvalue weighted by Gasteiger charge is 2.39. The standard InChI is InChI=1S/C18H17F3N2O2S/c19-18(20,21)15-7-8-16(26-15)25-12-4-1-10(2-5-12)17(24)23-14-9-11-3-6-13(14)22-11/h1-2,4-5,7-8,11,13-14,22H,3,6,9H2,(H,23,24)/t11-,13+,14-/m1/s1. The molecule has 138 valence electrons. The Labute approximate surface area is 152 Å². The zero-order valence-electron chi connectivity index (χ0n) is 13.7. The Bertz CT molecular complexity index is 804. The molecule has 4 rings (SSSR count). The zero-order chi connectivity index (χ0) is 18.3. The molecule has 0 unspecified atom stereocenters. The average Bonchev–Trinajstić information content (AvgIpc) is 3.31. The van der Waals surface area contributed by atoms with Crippen LogP contribution in [0.15, 0.2) is 36.4 Å². The van der Waals surface area contributed by atoms with Gasteiger partial charge in [0.05, 0.1) is 0 Å². The lowest BCUT2D eigenvalue weighted by molar-refractivity contribution is -0.134. The normalized spacial score (nSPS) is 24.7. The summed E-state index contributed by atoms with van der Waals surface area (Å²) in [6.07, 6.45) is -1.16. The van der Waals surface area contributed by atoms with Crippen LogP contribution in [-0.4, -0.2) is 24.0 Å². The Morgan fingerprint density at radius 1 is 1.15 bits per heavy atom. The summed E-state index contributed by atoms with van der Waals surface area (Å²) in [7, 11) is 0. The predicted octanol–water partition coefficient (Wildman–Crippen LogP) is 4.18. The lowest BCUT2D eigenvalue weighted by Gasteiger charge is -2.21. The molecule has 2 N–H and O–H groups in total. The Balaban J connectivity index is 1.37. The number of carbonyl (C=O) groups excluding carboxylic acids is 1. The Morgan fingerprint density at radius 2 is 1.92 bits per heavy atom. The van der Waals surface area contributed by atoms with E-state index in [1.807, 2.05) is 0 Å². The van der Waals surface area contributed by atoms with Gasteiger partial charge >= 0.3 is 6.18 Å². The maximum absolute atomic E-state index is 12.6. The number of nitrogens with one attached hydrogen (secondary N) is 2. The third kappa shape index (κ3) is 3.57. The molecule has 1 aromatic heterocycles. The predicted molar refractivity (Wildman–Crippen MR) is 91.7 cm³/mol. The molecule has 26 heavy (non-hydrogen) atoms. The summed E-state index contributed by atoms with van der Waals surface area (Å²) in [5.74, 6) is 0.241. The quantitative estimate of drug-likeness (QED) is 0.834. The number of alkyl halides is 3. The van der Waals surface area contributed by atoms with Gasteiger partial charge in [0.2, 0.25) is 0 Å². The van der Waals surface area contributed by atoms with Gasteiger partial charge in [0.1, 0.15) is 10.6 Å². The number of amides is 1. The number of halogens is 3. The highest BCUT2D eigenvalue weighted by molar-refractivity contribution is 7.13. The number of carbonyl (C=O) groups is 1. The van der Waals surface area contributed by atoms with E-state index in [9.17, 15) is 18.0 Å². The summed E-state index contributed by atoms with van der Waals surface area (Å²) in [5.41, 5.74) is 0.502. The number of ether oxygens (including phenoxy) is 1. The first kappa shape index (κ1) is 17.4. The van der Waals surface area contributed by atoms with Crippen molar-refractivity contribution in [3.05, 3.63) is 46.8 Å². The molecule has 3 atom stereocenters. The number of thiophene rings is 1. The maximum Gasteiger partial charge on any atom is 0.425 e. The van der Waals surface area contributed by atoms with Crippen LogP contribution >= 0.6 is 11.3 Å². The number of rotatable bonds is 4. The van der Waals surface area contributed by atoms with Crippen LogP contribution in [0.4, 0.5) is 13.2 Å². The van der Waals surface area contributed by atoms with Gasteiger partial charge in [-0.25, -0.2) is 0 Å². The molecule has 3 heterocycles. The minimum absolute atomic E-state index is 0.147. The van der Waals surface area contributed by atoms with E-state index >= 15 is 0 Å². The van der Waals surface area contributed by atoms with Crippen LogP contribution in [0.5, 0.6) is 10.8 Å². The number of benzene rings is 1. The van der Waals surface area contributed by atoms with Crippen molar-refractivity contribution in [2.45, 2.75) is 43.6 Å². The molecule has 2 aliphatic heterocycles. The van der Waals surface area contributed by atoms with Gasteiger partial charge in [-0.15, -0.1) is 0 Å². The van der Waals surface area contributed by atoms with Crippen LogP contribution in [0.1, 0.15) is 34.5 Å². The first-order valence-corrected chi connectivity index (χ1v) is 9.22. The maximum atomic E-state index is 12.6. The summed E-state index contributed by atoms with van der Waals surface area (Å²) in [5, 5.41) is 6.68. The fourth-order valence-electron chi connectivity index (χ4n) is 3.55. The van der Waals surface area contributed by atoms with Crippen LogP contribution in [0.3, 0.4) is 0 Å². The van der Waals surface area contributed by atoms with Crippen molar-refractivity contribution in [2.75, 3.05) is 0 Å². The van der Waals surface area contributed by atoms with E-state index in [0.717, 1.165) is 18.9 Å². The van der Waals surface area contributed by atoms with Crippen molar-refractivity contribution >= 4 is 17.2 Å². The fraction of sp³-hybridized carbons (Fsp3) is 0.389. The molecule has 0 spiro atoms. The van der Waals surface area contributed by atoms with Crippen LogP contribution in [-0.2, 0) is 6.18 Å². The molecule has 1 amide bonds. The van der Waals surface area contributed by atoms with Gasteiger partial charge in [-0.05, 0) is 55.7 Å². The van der Waals surface area contributed by atoms with Gasteiger partial charge < -0.3 is 15.4 Å². The second kappa shape index (κ2) is 6.59. The smallest absolute Gasteiger partial charge is 0.425 e. The van der Waals surface area contributed by atoms with Gasteiger partial charge in [-0.3, -0.25) is 4.79 Å². The minimum Gasteiger partial charge on any atom is -0.447 e. The Hall–Kier alpha value is -2.06. The molecule has 0 aliphatic carbocycles. The Kier molecular flexibility index (Phi) is 4.40. The summed E-state index contributed by atoms with van der Waals surface area (Å²) in [4.78, 5) is 11.7. The largest absolute Gasteiger partial charge is 0.447 e. The molecule has 4 nitrogen and oxygen atoms in total. The molecule has 8 heteroatoms. The summed E-state index contributed by atoms with van der Waals surface area (Å²) >= 11 is 0.540. The number of hydrogen-bond acceptors (Lipinski definition) is 4. The fourth-order valence-corrected chi connectivity index (χ4v) is 4.30. The van der Waals surface area contributed by atoms with E-state index in [-0.39, 0.29) is 17.0 Å². The lowest BCUT2D eigenvalue weighted by atomic mass is 9.95. The molecular weight excluding hydrogens is 365 g/mol. The molecule has 0 radical (unpaired) electrons. The zero-order valence-corrected chi connectivity index (χ0v) is 14.5. The molecule has 2 saturated heterocycles. The summed E-state index contributed by atoms with van der Waals surface area (Å²) in [6, 6.07) is 9.70. The van der Waals surface area contributed by atoms with E-state index in [2.05, 4.69) is 10.6 Å². The van der Waals surface area contributed by atoms with Crippen LogP contribution in [0.2, 0.25) is 0 Å². The average molecular weight is 382 g/mol. The van der Waals surface area contributed by atoms with E-state index in [4.69, 9.17) is 4.74 Å². The van der Waals surface area contributed by atoms with Crippen molar-refractivity contribution in [2.24, 2.45) is 0 Å². The SMILES string of the molecule is O=C(N[C@@H]1C[C@H]2CC[C@@H]1N2)c1ccc(Oc2ccc(C(F)(F)F)s2)cc1. The Morgan fingerprint density at radius 3 is 2.50 bits per heavy atom. The van der Waals surface area contributed by atoms with Gasteiger partial charge in [0, 0.05) is 23.7 Å². The van der Waals surface area contributed by atoms with E-state index in [1.165, 1.54) is 12.5 Å². The summed E-state index contributed by atoms with van der Waals surface area (Å²) < 4.78 is 43.3. The second-order valence-corrected chi connectivity index (χ2v) is 7.65. The molecular formula is C18H17F3N2O2S. The van der Waals surface area contributed by atoms with E-state index in [0.29, 0.717) is 34.7 Å². The van der Waals surface area contributed by atoms with Crippen molar-refractivity contribution < 1.29 is 22.7 Å². The molecule has 1 aromatic carbocycles. The third-order valence-electron chi connectivity index (χ3n) is 4.81. The monoisotopic (exact) mass is 382 g/mol. The third-order valence-corrected chi connectivity index (χ3v) is 5.82. The van der Waals surface area contributed by atoms with Crippen LogP contribution in [0.25, 0.3) is 0 Å². The number of fused-ring (bicyclic) bond motifs is 2. The second-order valence-electron chi connectivity index (χ2n) is 6.61. The van der Waals surface area contributed by atoms with Gasteiger partial charge in [0.15, 0.2) is 5.06 Å². The minimum atomic E-state index is -4.37. The highest BCUT2D eigenvalue weighted by Crippen LogP contribution is 2.39. The molecule has 2 bridgehead atoms. The first-order chi connectivity index (χ1) is 12.4. The van der Waals surface area contributed by atoms with Crippen molar-refractivity contribution in [1.82, 2.24) is 10.6 Å². The topological polar surface area (TPSA) is 50.4 Å². The van der Waals surface area contributed by atoms with Gasteiger partial charge in [-0.2, -0.15) is 13.2 Å². The van der Waals surface area contributed by atoms with Crippen LogP contribution in [0, 0.1) is 0 Å². The van der Waals surface area contributed by atoms with E-state index in [1.54, 1.807) is 24.3 Å². The van der Waals surface area contributed by atoms with E-state index < -0.39 is 11.1 Å². The lowest BCUT2D eigenvalue weighted by Crippen LogP contribution is -2.42. The van der Waals surface area contributed by atoms with Crippen molar-refractivity contribution in [3.8, 4) is 10.8 Å². The summed E-state index contributed by atoms with van der Waals surface area (Å²) in [6.45, 7) is 0. The number of hydrogen-bond donors (Lipinski definition) is 2. The molecule has 2 aliphatic rings. The molecule has 2 aromatic rings.